The van der Waals surface area contributed by atoms with Gasteiger partial charge in [0.1, 0.15) is 0 Å². The summed E-state index contributed by atoms with van der Waals surface area (Å²) in [6.07, 6.45) is 8.04. The number of nitrogens with one attached hydrogen (secondary N) is 2. The molecule has 0 aliphatic rings. The predicted octanol–water partition coefficient (Wildman–Crippen LogP) is 4.90. The number of unbranched alkanes of at least 4 members (excludes halogenated alkanes) is 3. The first kappa shape index (κ1) is 24.7. The number of allylic oxidation sites excluding steroid dienone is 1. The molecule has 1 aromatic heterocycles. The summed E-state index contributed by atoms with van der Waals surface area (Å²) in [4.78, 5) is 18.5. The van der Waals surface area contributed by atoms with Gasteiger partial charge in [-0.15, -0.1) is 30.6 Å². The highest BCUT2D eigenvalue weighted by molar-refractivity contribution is 14.0. The van der Waals surface area contributed by atoms with Crippen LogP contribution in [0, 0.1) is 0 Å². The van der Waals surface area contributed by atoms with Gasteiger partial charge in [0.15, 0.2) is 11.7 Å². The van der Waals surface area contributed by atoms with Crippen molar-refractivity contribution in [2.45, 2.75) is 32.2 Å². The Morgan fingerprint density at radius 2 is 1.97 bits per heavy atom. The number of nitrogens with zero attached hydrogens (tertiary/aromatic N) is 2. The van der Waals surface area contributed by atoms with Crippen LogP contribution in [0.2, 0.25) is 0 Å². The molecule has 0 radical (unpaired) electrons. The standard InChI is InChI=1S/C22H30N4O2.HI/c1-4-5-6-7-8-15-26(3)22(23-2)24-17-18-11-13-19(14-12-18)25-21(27)20-10-9-16-28-20;/h4,9-14,16H,1,5-8,15,17H2,2-3H3,(H,23,24)(H,25,27);1H. The molecule has 0 saturated carbocycles. The monoisotopic (exact) mass is 510 g/mol. The molecule has 0 atom stereocenters. The van der Waals surface area contributed by atoms with E-state index in [4.69, 9.17) is 4.42 Å². The molecule has 2 aromatic rings. The highest BCUT2D eigenvalue weighted by atomic mass is 127. The number of carbonyl (C=O) groups is 1. The number of hydrogen-bond acceptors (Lipinski definition) is 3. The van der Waals surface area contributed by atoms with E-state index in [1.165, 1.54) is 19.1 Å². The van der Waals surface area contributed by atoms with Gasteiger partial charge in [-0.25, -0.2) is 0 Å². The van der Waals surface area contributed by atoms with Gasteiger partial charge < -0.3 is 20.0 Å². The quantitative estimate of drug-likeness (QED) is 0.157. The Balaban J connectivity index is 0.00000420. The van der Waals surface area contributed by atoms with Crippen molar-refractivity contribution in [2.75, 3.05) is 26.0 Å². The topological polar surface area (TPSA) is 69.9 Å². The van der Waals surface area contributed by atoms with Gasteiger partial charge in [-0.2, -0.15) is 0 Å². The molecule has 1 amide bonds. The summed E-state index contributed by atoms with van der Waals surface area (Å²) in [5, 5.41) is 6.19. The minimum atomic E-state index is -0.258. The molecule has 6 nitrogen and oxygen atoms in total. The molecule has 2 N–H and O–H groups in total. The van der Waals surface area contributed by atoms with Crippen molar-refractivity contribution in [3.8, 4) is 0 Å². The molecule has 158 valence electrons. The van der Waals surface area contributed by atoms with Crippen molar-refractivity contribution >= 4 is 41.5 Å². The van der Waals surface area contributed by atoms with Gasteiger partial charge in [0.25, 0.3) is 5.91 Å². The molecule has 0 aliphatic carbocycles. The van der Waals surface area contributed by atoms with Gasteiger partial charge >= 0.3 is 0 Å². The summed E-state index contributed by atoms with van der Waals surface area (Å²) < 4.78 is 5.09. The molecular weight excluding hydrogens is 479 g/mol. The van der Waals surface area contributed by atoms with Crippen LogP contribution in [0.1, 0.15) is 41.8 Å². The zero-order chi connectivity index (χ0) is 20.2. The van der Waals surface area contributed by atoms with E-state index in [2.05, 4.69) is 34.2 Å². The second-order valence-corrected chi connectivity index (χ2v) is 6.59. The van der Waals surface area contributed by atoms with E-state index >= 15 is 0 Å². The Labute approximate surface area is 190 Å². The van der Waals surface area contributed by atoms with E-state index in [0.717, 1.165) is 36.6 Å². The molecule has 7 heteroatoms. The average molecular weight is 510 g/mol. The maximum atomic E-state index is 12.0. The summed E-state index contributed by atoms with van der Waals surface area (Å²) in [6.45, 7) is 5.39. The van der Waals surface area contributed by atoms with Crippen molar-refractivity contribution in [1.29, 1.82) is 0 Å². The van der Waals surface area contributed by atoms with Crippen molar-refractivity contribution < 1.29 is 9.21 Å². The van der Waals surface area contributed by atoms with Crippen molar-refractivity contribution in [3.05, 3.63) is 66.6 Å². The Hall–Kier alpha value is -2.29. The van der Waals surface area contributed by atoms with E-state index in [9.17, 15) is 4.79 Å². The van der Waals surface area contributed by atoms with Gasteiger partial charge in [-0.05, 0) is 49.1 Å². The summed E-state index contributed by atoms with van der Waals surface area (Å²) in [7, 11) is 3.85. The zero-order valence-corrected chi connectivity index (χ0v) is 19.5. The van der Waals surface area contributed by atoms with E-state index < -0.39 is 0 Å². The molecule has 1 heterocycles. The van der Waals surface area contributed by atoms with Crippen LogP contribution in [-0.2, 0) is 6.54 Å². The lowest BCUT2D eigenvalue weighted by Crippen LogP contribution is -2.39. The second kappa shape index (κ2) is 13.8. The van der Waals surface area contributed by atoms with Gasteiger partial charge in [-0.1, -0.05) is 24.6 Å². The molecule has 0 saturated heterocycles. The highest BCUT2D eigenvalue weighted by Gasteiger charge is 2.09. The van der Waals surface area contributed by atoms with Crippen LogP contribution in [0.5, 0.6) is 0 Å². The number of hydrogen-bond donors (Lipinski definition) is 2. The molecule has 0 spiro atoms. The first-order valence-electron chi connectivity index (χ1n) is 9.60. The summed E-state index contributed by atoms with van der Waals surface area (Å²) in [5.74, 6) is 0.909. The average Bonchev–Trinajstić information content (AvgIpc) is 3.24. The first-order chi connectivity index (χ1) is 13.6. The smallest absolute Gasteiger partial charge is 0.291 e. The largest absolute Gasteiger partial charge is 0.459 e. The Morgan fingerprint density at radius 3 is 2.59 bits per heavy atom. The van der Waals surface area contributed by atoms with Crippen LogP contribution in [0.3, 0.4) is 0 Å². The van der Waals surface area contributed by atoms with Crippen molar-refractivity contribution in [2.24, 2.45) is 4.99 Å². The lowest BCUT2D eigenvalue weighted by molar-refractivity contribution is 0.0996. The van der Waals surface area contributed by atoms with Gasteiger partial charge in [-0.3, -0.25) is 9.79 Å². The minimum absolute atomic E-state index is 0. The van der Waals surface area contributed by atoms with E-state index in [0.29, 0.717) is 12.3 Å². The third-order valence-corrected chi connectivity index (χ3v) is 4.38. The maximum absolute atomic E-state index is 12.0. The molecular formula is C22H31IN4O2. The molecule has 2 rings (SSSR count). The molecule has 0 fully saturated rings. The van der Waals surface area contributed by atoms with E-state index in [-0.39, 0.29) is 29.9 Å². The number of carbonyl (C=O) groups excluding carboxylic acids is 1. The number of amides is 1. The summed E-state index contributed by atoms with van der Waals surface area (Å²) in [6, 6.07) is 11.0. The Bertz CT molecular complexity index is 758. The molecule has 29 heavy (non-hydrogen) atoms. The zero-order valence-electron chi connectivity index (χ0n) is 17.2. The number of rotatable bonds is 10. The lowest BCUT2D eigenvalue weighted by Gasteiger charge is -2.22. The van der Waals surface area contributed by atoms with Crippen LogP contribution >= 0.6 is 24.0 Å². The molecule has 0 bridgehead atoms. The molecule has 1 aromatic carbocycles. The fourth-order valence-corrected chi connectivity index (χ4v) is 2.79. The van der Waals surface area contributed by atoms with Gasteiger partial charge in [0.05, 0.1) is 6.26 Å². The normalized spacial score (nSPS) is 10.8. The van der Waals surface area contributed by atoms with Crippen LogP contribution in [0.4, 0.5) is 5.69 Å². The van der Waals surface area contributed by atoms with E-state index in [1.54, 1.807) is 19.2 Å². The molecule has 0 aliphatic heterocycles. The highest BCUT2D eigenvalue weighted by Crippen LogP contribution is 2.12. The van der Waals surface area contributed by atoms with Gasteiger partial charge in [0, 0.05) is 32.9 Å². The second-order valence-electron chi connectivity index (χ2n) is 6.59. The van der Waals surface area contributed by atoms with Crippen molar-refractivity contribution in [3.63, 3.8) is 0 Å². The molecule has 0 unspecified atom stereocenters. The number of aliphatic imine (C=N–C) groups is 1. The maximum Gasteiger partial charge on any atom is 0.291 e. The summed E-state index contributed by atoms with van der Waals surface area (Å²) >= 11 is 0. The number of furan rings is 1. The third kappa shape index (κ3) is 8.72. The summed E-state index contributed by atoms with van der Waals surface area (Å²) in [5.41, 5.74) is 1.84. The van der Waals surface area contributed by atoms with Crippen LogP contribution in [-0.4, -0.2) is 37.4 Å². The SMILES string of the molecule is C=CCCCCCN(C)C(=NC)NCc1ccc(NC(=O)c2ccco2)cc1.I. The number of halogens is 1. The Morgan fingerprint density at radius 1 is 1.21 bits per heavy atom. The van der Waals surface area contributed by atoms with Crippen LogP contribution < -0.4 is 10.6 Å². The Kier molecular flexibility index (Phi) is 11.8. The van der Waals surface area contributed by atoms with Crippen LogP contribution in [0.25, 0.3) is 0 Å². The number of guanidine groups is 1. The van der Waals surface area contributed by atoms with E-state index in [1.807, 2.05) is 30.3 Å². The van der Waals surface area contributed by atoms with Crippen LogP contribution in [0.15, 0.2) is 64.7 Å². The van der Waals surface area contributed by atoms with Crippen molar-refractivity contribution in [1.82, 2.24) is 10.2 Å². The fourth-order valence-electron chi connectivity index (χ4n) is 2.79. The number of anilines is 1. The lowest BCUT2D eigenvalue weighted by atomic mass is 10.2. The fraction of sp³-hybridized carbons (Fsp3) is 0.364. The first-order valence-corrected chi connectivity index (χ1v) is 9.60. The minimum Gasteiger partial charge on any atom is -0.459 e. The van der Waals surface area contributed by atoms with Gasteiger partial charge in [0.2, 0.25) is 0 Å². The predicted molar refractivity (Wildman–Crippen MR) is 130 cm³/mol. The third-order valence-electron chi connectivity index (χ3n) is 4.38. The number of benzene rings is 1.